The fourth-order valence-electron chi connectivity index (χ4n) is 2.16. The molecule has 22 heavy (non-hydrogen) atoms. The Bertz CT molecular complexity index is 712. The van der Waals surface area contributed by atoms with Crippen molar-refractivity contribution < 1.29 is 19.0 Å². The van der Waals surface area contributed by atoms with Crippen LogP contribution in [0.2, 0.25) is 5.02 Å². The summed E-state index contributed by atoms with van der Waals surface area (Å²) in [6.45, 7) is 2.14. The molecule has 0 saturated heterocycles. The first-order valence-corrected chi connectivity index (χ1v) is 7.35. The normalized spacial score (nSPS) is 12.3. The molecule has 0 atom stereocenters. The molecule has 2 aromatic carbocycles. The summed E-state index contributed by atoms with van der Waals surface area (Å²) in [5.74, 6) is 1.41. The van der Waals surface area contributed by atoms with E-state index >= 15 is 0 Å². The molecule has 0 bridgehead atoms. The predicted octanol–water partition coefficient (Wildman–Crippen LogP) is 3.92. The van der Waals surface area contributed by atoms with Gasteiger partial charge in [0.1, 0.15) is 5.75 Å². The summed E-state index contributed by atoms with van der Waals surface area (Å²) in [6, 6.07) is 10.9. The van der Waals surface area contributed by atoms with Crippen molar-refractivity contribution in [1.82, 2.24) is 0 Å². The molecule has 5 heteroatoms. The van der Waals surface area contributed by atoms with Crippen molar-refractivity contribution in [3.8, 4) is 17.2 Å². The van der Waals surface area contributed by atoms with Crippen molar-refractivity contribution in [3.05, 3.63) is 52.5 Å². The summed E-state index contributed by atoms with van der Waals surface area (Å²) in [7, 11) is 0. The molecule has 0 saturated carbocycles. The lowest BCUT2D eigenvalue weighted by molar-refractivity contribution is -0.134. The summed E-state index contributed by atoms with van der Waals surface area (Å²) in [5.41, 5.74) is 2.03. The fraction of sp³-hybridized carbons (Fsp3) is 0.235. The highest BCUT2D eigenvalue weighted by Gasteiger charge is 2.15. The van der Waals surface area contributed by atoms with Gasteiger partial charge in [0.05, 0.1) is 0 Å². The third-order valence-electron chi connectivity index (χ3n) is 3.43. The number of carbonyl (C=O) groups is 1. The van der Waals surface area contributed by atoms with E-state index in [0.717, 1.165) is 11.1 Å². The molecule has 0 amide bonds. The zero-order valence-corrected chi connectivity index (χ0v) is 12.9. The Kier molecular flexibility index (Phi) is 4.20. The van der Waals surface area contributed by atoms with Gasteiger partial charge in [-0.15, -0.1) is 0 Å². The lowest BCUT2D eigenvalue weighted by atomic mass is 10.1. The maximum absolute atomic E-state index is 11.9. The van der Waals surface area contributed by atoms with Gasteiger partial charge >= 0.3 is 5.97 Å². The number of hydrogen-bond donors (Lipinski definition) is 0. The lowest BCUT2D eigenvalue weighted by Gasteiger charge is -2.06. The Balaban J connectivity index is 1.57. The minimum atomic E-state index is -0.296. The van der Waals surface area contributed by atoms with Crippen LogP contribution in [0.5, 0.6) is 17.2 Å². The SMILES string of the molecule is Cc1ccc(CCC(=O)Oc2ccc3c(c2)OCO3)cc1Cl. The molecule has 0 radical (unpaired) electrons. The second-order valence-corrected chi connectivity index (χ2v) is 5.48. The zero-order valence-electron chi connectivity index (χ0n) is 12.1. The number of benzene rings is 2. The van der Waals surface area contributed by atoms with Crippen LogP contribution in [0.15, 0.2) is 36.4 Å². The van der Waals surface area contributed by atoms with E-state index in [1.54, 1.807) is 18.2 Å². The van der Waals surface area contributed by atoms with Crippen LogP contribution in [-0.4, -0.2) is 12.8 Å². The minimum absolute atomic E-state index is 0.195. The molecule has 0 spiro atoms. The van der Waals surface area contributed by atoms with Gasteiger partial charge in [-0.1, -0.05) is 23.7 Å². The molecule has 4 nitrogen and oxygen atoms in total. The van der Waals surface area contributed by atoms with Gasteiger partial charge in [-0.05, 0) is 42.7 Å². The molecule has 0 unspecified atom stereocenters. The van der Waals surface area contributed by atoms with Crippen molar-refractivity contribution >= 4 is 17.6 Å². The molecule has 114 valence electrons. The molecule has 0 aromatic heterocycles. The van der Waals surface area contributed by atoms with E-state index in [1.807, 2.05) is 25.1 Å². The highest BCUT2D eigenvalue weighted by molar-refractivity contribution is 6.31. The summed E-state index contributed by atoms with van der Waals surface area (Å²) in [6.07, 6.45) is 0.872. The standard InChI is InChI=1S/C17H15ClO4/c1-11-2-3-12(8-14(11)18)4-7-17(19)22-13-5-6-15-16(9-13)21-10-20-15/h2-3,5-6,8-9H,4,7,10H2,1H3. The van der Waals surface area contributed by atoms with E-state index in [4.69, 9.17) is 25.8 Å². The molecular formula is C17H15ClO4. The van der Waals surface area contributed by atoms with E-state index in [9.17, 15) is 4.79 Å². The van der Waals surface area contributed by atoms with Gasteiger partial charge in [0.2, 0.25) is 6.79 Å². The van der Waals surface area contributed by atoms with Crippen LogP contribution in [-0.2, 0) is 11.2 Å². The van der Waals surface area contributed by atoms with E-state index < -0.39 is 0 Å². The monoisotopic (exact) mass is 318 g/mol. The molecular weight excluding hydrogens is 304 g/mol. The van der Waals surface area contributed by atoms with Crippen molar-refractivity contribution in [3.63, 3.8) is 0 Å². The van der Waals surface area contributed by atoms with Crippen LogP contribution < -0.4 is 14.2 Å². The minimum Gasteiger partial charge on any atom is -0.454 e. The average molecular weight is 319 g/mol. The molecule has 3 rings (SSSR count). The summed E-state index contributed by atoms with van der Waals surface area (Å²) in [4.78, 5) is 11.9. The van der Waals surface area contributed by atoms with E-state index in [1.165, 1.54) is 0 Å². The molecule has 1 heterocycles. The van der Waals surface area contributed by atoms with E-state index in [0.29, 0.717) is 28.7 Å². The van der Waals surface area contributed by atoms with Gasteiger partial charge in [0.15, 0.2) is 11.5 Å². The fourth-order valence-corrected chi connectivity index (χ4v) is 2.36. The lowest BCUT2D eigenvalue weighted by Crippen LogP contribution is -2.09. The van der Waals surface area contributed by atoms with Gasteiger partial charge in [-0.2, -0.15) is 0 Å². The largest absolute Gasteiger partial charge is 0.454 e. The van der Waals surface area contributed by atoms with Crippen LogP contribution in [0.4, 0.5) is 0 Å². The quantitative estimate of drug-likeness (QED) is 0.633. The maximum atomic E-state index is 11.9. The van der Waals surface area contributed by atoms with Gasteiger partial charge < -0.3 is 14.2 Å². The Morgan fingerprint density at radius 2 is 2.00 bits per heavy atom. The smallest absolute Gasteiger partial charge is 0.311 e. The van der Waals surface area contributed by atoms with Crippen molar-refractivity contribution in [2.45, 2.75) is 19.8 Å². The number of hydrogen-bond acceptors (Lipinski definition) is 4. The third-order valence-corrected chi connectivity index (χ3v) is 3.84. The summed E-state index contributed by atoms with van der Waals surface area (Å²) >= 11 is 6.07. The molecule has 0 fully saturated rings. The molecule has 0 aliphatic carbocycles. The van der Waals surface area contributed by atoms with Gasteiger partial charge in [-0.3, -0.25) is 4.79 Å². The highest BCUT2D eigenvalue weighted by atomic mass is 35.5. The number of ether oxygens (including phenoxy) is 3. The first-order chi connectivity index (χ1) is 10.6. The zero-order chi connectivity index (χ0) is 15.5. The molecule has 1 aliphatic heterocycles. The maximum Gasteiger partial charge on any atom is 0.311 e. The first-order valence-electron chi connectivity index (χ1n) is 6.97. The van der Waals surface area contributed by atoms with Crippen LogP contribution in [0.25, 0.3) is 0 Å². The van der Waals surface area contributed by atoms with Crippen LogP contribution >= 0.6 is 11.6 Å². The van der Waals surface area contributed by atoms with Gasteiger partial charge in [0, 0.05) is 17.5 Å². The van der Waals surface area contributed by atoms with Crippen LogP contribution in [0.3, 0.4) is 0 Å². The number of rotatable bonds is 4. The molecule has 1 aliphatic rings. The van der Waals surface area contributed by atoms with E-state index in [-0.39, 0.29) is 19.2 Å². The second-order valence-electron chi connectivity index (χ2n) is 5.07. The Labute approximate surface area is 133 Å². The molecule has 0 N–H and O–H groups in total. The van der Waals surface area contributed by atoms with E-state index in [2.05, 4.69) is 0 Å². The summed E-state index contributed by atoms with van der Waals surface area (Å²) in [5, 5.41) is 0.710. The van der Waals surface area contributed by atoms with Gasteiger partial charge in [0.25, 0.3) is 0 Å². The highest BCUT2D eigenvalue weighted by Crippen LogP contribution is 2.35. The topological polar surface area (TPSA) is 44.8 Å². The second kappa shape index (κ2) is 6.28. The Morgan fingerprint density at radius 3 is 2.82 bits per heavy atom. The van der Waals surface area contributed by atoms with Crippen molar-refractivity contribution in [2.75, 3.05) is 6.79 Å². The van der Waals surface area contributed by atoms with Crippen molar-refractivity contribution in [2.24, 2.45) is 0 Å². The first kappa shape index (κ1) is 14.7. The number of aryl methyl sites for hydroxylation is 2. The van der Waals surface area contributed by atoms with Crippen LogP contribution in [0.1, 0.15) is 17.5 Å². The van der Waals surface area contributed by atoms with Gasteiger partial charge in [-0.25, -0.2) is 0 Å². The number of esters is 1. The number of halogens is 1. The number of fused-ring (bicyclic) bond motifs is 1. The summed E-state index contributed by atoms with van der Waals surface area (Å²) < 4.78 is 15.8. The van der Waals surface area contributed by atoms with Crippen molar-refractivity contribution in [1.29, 1.82) is 0 Å². The van der Waals surface area contributed by atoms with Crippen LogP contribution in [0, 0.1) is 6.92 Å². The Hall–Kier alpha value is -2.20. The Morgan fingerprint density at radius 1 is 1.18 bits per heavy atom. The average Bonchev–Trinajstić information content (AvgIpc) is 2.96. The predicted molar refractivity (Wildman–Crippen MR) is 82.7 cm³/mol. The molecule has 2 aromatic rings. The number of carbonyl (C=O) groups excluding carboxylic acids is 1. The third kappa shape index (κ3) is 3.34.